The lowest BCUT2D eigenvalue weighted by Gasteiger charge is -2.23. The summed E-state index contributed by atoms with van der Waals surface area (Å²) >= 11 is 6.34. The second-order valence-electron chi connectivity index (χ2n) is 8.33. The number of halogens is 4. The molecule has 0 unspecified atom stereocenters. The van der Waals surface area contributed by atoms with Crippen LogP contribution in [0.2, 0.25) is 5.15 Å². The molecule has 0 bridgehead atoms. The number of nitrogens with one attached hydrogen (secondary N) is 1. The van der Waals surface area contributed by atoms with E-state index in [4.69, 9.17) is 18.2 Å². The summed E-state index contributed by atoms with van der Waals surface area (Å²) in [5.74, 6) is -4.14. The maximum Gasteiger partial charge on any atom is 0.301 e. The first-order valence-corrected chi connectivity index (χ1v) is 10.7. The van der Waals surface area contributed by atoms with E-state index in [1.807, 2.05) is 0 Å². The molecule has 1 aliphatic carbocycles. The van der Waals surface area contributed by atoms with Gasteiger partial charge in [0.1, 0.15) is 28.7 Å². The Morgan fingerprint density at radius 2 is 1.94 bits per heavy atom. The molecule has 0 amide bonds. The van der Waals surface area contributed by atoms with E-state index in [1.54, 1.807) is 19.9 Å². The van der Waals surface area contributed by atoms with E-state index in [0.717, 1.165) is 13.0 Å². The van der Waals surface area contributed by atoms with Crippen LogP contribution in [0, 0.1) is 19.3 Å². The molecule has 172 valence electrons. The Labute approximate surface area is 193 Å². The van der Waals surface area contributed by atoms with E-state index in [2.05, 4.69) is 25.1 Å². The Morgan fingerprint density at radius 3 is 2.55 bits per heavy atom. The van der Waals surface area contributed by atoms with Crippen molar-refractivity contribution in [1.82, 2.24) is 15.0 Å². The third-order valence-electron chi connectivity index (χ3n) is 5.92. The van der Waals surface area contributed by atoms with Crippen molar-refractivity contribution in [1.29, 1.82) is 0 Å². The largest absolute Gasteiger partial charge is 0.387 e. The Morgan fingerprint density at radius 1 is 1.24 bits per heavy atom. The first kappa shape index (κ1) is 23.2. The number of aliphatic hydroxyl groups excluding tert-OH is 1. The quantitative estimate of drug-likeness (QED) is 0.354. The predicted octanol–water partition coefficient (Wildman–Crippen LogP) is 5.68. The van der Waals surface area contributed by atoms with Crippen molar-refractivity contribution in [3.8, 4) is 0 Å². The molecular weight excluding hydrogens is 455 g/mol. The summed E-state index contributed by atoms with van der Waals surface area (Å²) in [5.41, 5.74) is -0.713. The van der Waals surface area contributed by atoms with Crippen LogP contribution in [0.15, 0.2) is 24.3 Å². The molecule has 0 saturated heterocycles. The zero-order valence-corrected chi connectivity index (χ0v) is 18.9. The highest BCUT2D eigenvalue weighted by molar-refractivity contribution is 6.30. The van der Waals surface area contributed by atoms with Crippen molar-refractivity contribution in [2.24, 2.45) is 0 Å². The summed E-state index contributed by atoms with van der Waals surface area (Å²) in [4.78, 5) is 16.8. The average molecular weight is 476 g/mol. The number of hydrogen-bond donors (Lipinski definition) is 2. The molecule has 2 N–H and O–H groups in total. The first-order chi connectivity index (χ1) is 15.5. The zero-order chi connectivity index (χ0) is 24.1. The van der Waals surface area contributed by atoms with E-state index in [0.29, 0.717) is 41.1 Å². The summed E-state index contributed by atoms with van der Waals surface area (Å²) in [6.07, 6.45) is -0.708. The summed E-state index contributed by atoms with van der Waals surface area (Å²) in [6.45, 7) is 11.7. The van der Waals surface area contributed by atoms with Gasteiger partial charge in [0, 0.05) is 18.4 Å². The van der Waals surface area contributed by atoms with E-state index in [1.165, 1.54) is 12.1 Å². The minimum atomic E-state index is -3.74. The molecule has 2 heterocycles. The summed E-state index contributed by atoms with van der Waals surface area (Å²) < 4.78 is 43.7. The molecule has 1 fully saturated rings. The minimum absolute atomic E-state index is 0.0146. The van der Waals surface area contributed by atoms with Crippen LogP contribution < -0.4 is 5.32 Å². The van der Waals surface area contributed by atoms with Gasteiger partial charge < -0.3 is 15.3 Å². The Bertz CT molecular complexity index is 1290. The number of benzene rings is 1. The van der Waals surface area contributed by atoms with Crippen LogP contribution in [0.5, 0.6) is 0 Å². The van der Waals surface area contributed by atoms with Crippen molar-refractivity contribution in [3.63, 3.8) is 0 Å². The second-order valence-corrected chi connectivity index (χ2v) is 8.69. The third kappa shape index (κ3) is 3.98. The summed E-state index contributed by atoms with van der Waals surface area (Å²) in [6, 6.07) is 4.63. The highest BCUT2D eigenvalue weighted by Crippen LogP contribution is 2.52. The van der Waals surface area contributed by atoms with Crippen molar-refractivity contribution in [3.05, 3.63) is 69.2 Å². The van der Waals surface area contributed by atoms with E-state index in [9.17, 15) is 13.9 Å². The smallest absolute Gasteiger partial charge is 0.301 e. The van der Waals surface area contributed by atoms with Gasteiger partial charge in [-0.15, -0.1) is 0 Å². The van der Waals surface area contributed by atoms with Crippen molar-refractivity contribution in [2.75, 3.05) is 5.32 Å². The lowest BCUT2D eigenvalue weighted by Crippen LogP contribution is -2.29. The van der Waals surface area contributed by atoms with E-state index >= 15 is 4.39 Å². The fourth-order valence-corrected chi connectivity index (χ4v) is 4.10. The Hall–Kier alpha value is -2.96. The molecule has 0 radical (unpaired) electrons. The van der Waals surface area contributed by atoms with Crippen LogP contribution in [0.4, 0.5) is 19.0 Å². The lowest BCUT2D eigenvalue weighted by atomic mass is 9.97. The third-order valence-corrected chi connectivity index (χ3v) is 6.21. The monoisotopic (exact) mass is 475 g/mol. The highest BCUT2D eigenvalue weighted by atomic mass is 35.5. The maximum atomic E-state index is 15.1. The van der Waals surface area contributed by atoms with Crippen LogP contribution in [0.1, 0.15) is 55.2 Å². The molecule has 1 aliphatic rings. The minimum Gasteiger partial charge on any atom is -0.387 e. The lowest BCUT2D eigenvalue weighted by molar-refractivity contribution is -0.108. The van der Waals surface area contributed by atoms with Gasteiger partial charge in [-0.3, -0.25) is 0 Å². The average Bonchev–Trinajstić information content (AvgIpc) is 3.54. The highest BCUT2D eigenvalue weighted by Gasteiger charge is 2.54. The number of rotatable bonds is 6. The number of aromatic nitrogens is 3. The van der Waals surface area contributed by atoms with Crippen molar-refractivity contribution < 1.29 is 18.3 Å². The molecule has 2 aromatic heterocycles. The number of pyridine rings is 1. The molecular formula is C23H21ClF3N5O. The van der Waals surface area contributed by atoms with Crippen molar-refractivity contribution in [2.45, 2.75) is 57.2 Å². The van der Waals surface area contributed by atoms with Gasteiger partial charge in [-0.25, -0.2) is 25.9 Å². The standard InChI is InChI=1S/C23H21ClF3N5O/c1-11(14-6-5-7-16(18(14)25)23(26,27)12(2)33)29-20-15-10-17(22(28-4)8-9-22)19(24)32-21(15)31-13(3)30-20/h5-7,10-12,33H,8-9H2,1-3H3,(H,29,30,31,32)/t11-,12-/m1/s1. The number of hydrogen-bond acceptors (Lipinski definition) is 5. The van der Waals surface area contributed by atoms with Crippen LogP contribution in [0.3, 0.4) is 0 Å². The van der Waals surface area contributed by atoms with E-state index in [-0.39, 0.29) is 10.7 Å². The van der Waals surface area contributed by atoms with Gasteiger partial charge in [0.05, 0.1) is 22.6 Å². The van der Waals surface area contributed by atoms with Crippen LogP contribution in [-0.4, -0.2) is 26.2 Å². The first-order valence-electron chi connectivity index (χ1n) is 10.4. The van der Waals surface area contributed by atoms with Gasteiger partial charge in [-0.1, -0.05) is 23.7 Å². The van der Waals surface area contributed by atoms with E-state index < -0.39 is 35.0 Å². The van der Waals surface area contributed by atoms with Gasteiger partial charge in [-0.05, 0) is 32.9 Å². The SMILES string of the molecule is [C-]#[N+]C1(c2cc3c(N[C@H](C)c4cccc(C(F)(F)[C@@H](C)O)c4F)nc(C)nc3nc2Cl)CC1. The molecule has 6 nitrogen and oxygen atoms in total. The zero-order valence-electron chi connectivity index (χ0n) is 18.1. The summed E-state index contributed by atoms with van der Waals surface area (Å²) in [7, 11) is 0. The van der Waals surface area contributed by atoms with Gasteiger partial charge in [0.2, 0.25) is 0 Å². The van der Waals surface area contributed by atoms with Gasteiger partial charge >= 0.3 is 5.92 Å². The molecule has 0 aliphatic heterocycles. The topological polar surface area (TPSA) is 75.3 Å². The number of nitrogens with zero attached hydrogens (tertiary/aromatic N) is 4. The molecule has 10 heteroatoms. The Balaban J connectivity index is 1.77. The molecule has 4 rings (SSSR count). The van der Waals surface area contributed by atoms with Crippen LogP contribution in [0.25, 0.3) is 15.9 Å². The molecule has 1 saturated carbocycles. The number of alkyl halides is 2. The van der Waals surface area contributed by atoms with Gasteiger partial charge in [0.15, 0.2) is 5.65 Å². The molecule has 33 heavy (non-hydrogen) atoms. The van der Waals surface area contributed by atoms with Crippen LogP contribution >= 0.6 is 11.6 Å². The Kier molecular flexibility index (Phi) is 5.71. The number of anilines is 1. The van der Waals surface area contributed by atoms with Gasteiger partial charge in [0.25, 0.3) is 5.54 Å². The fraction of sp³-hybridized carbons (Fsp3) is 0.391. The number of fused-ring (bicyclic) bond motifs is 1. The molecule has 2 atom stereocenters. The fourth-order valence-electron chi connectivity index (χ4n) is 3.79. The predicted molar refractivity (Wildman–Crippen MR) is 119 cm³/mol. The maximum absolute atomic E-state index is 15.1. The molecule has 1 aromatic carbocycles. The van der Waals surface area contributed by atoms with Gasteiger partial charge in [-0.2, -0.15) is 8.78 Å². The molecule has 0 spiro atoms. The van der Waals surface area contributed by atoms with Crippen molar-refractivity contribution >= 4 is 28.5 Å². The summed E-state index contributed by atoms with van der Waals surface area (Å²) in [5, 5.41) is 13.2. The number of aryl methyl sites for hydroxylation is 1. The number of aliphatic hydroxyl groups is 1. The second kappa shape index (κ2) is 8.12. The molecule has 3 aromatic rings. The normalized spacial score (nSPS) is 16.8. The van der Waals surface area contributed by atoms with Crippen LogP contribution in [-0.2, 0) is 11.5 Å².